The Morgan fingerprint density at radius 2 is 1.98 bits per heavy atom. The van der Waals surface area contributed by atoms with E-state index in [9.17, 15) is 18.7 Å². The van der Waals surface area contributed by atoms with E-state index in [1.165, 1.54) is 12.1 Å². The molecule has 1 amide bonds. The summed E-state index contributed by atoms with van der Waals surface area (Å²) in [6, 6.07) is 6.31. The van der Waals surface area contributed by atoms with Crippen LogP contribution in [0, 0.1) is 17.7 Å². The molecule has 1 N–H and O–H groups in total. The highest BCUT2D eigenvalue weighted by Crippen LogP contribution is 2.44. The number of fused-ring (bicyclic) bond motifs is 4. The van der Waals surface area contributed by atoms with E-state index in [2.05, 4.69) is 9.80 Å². The maximum Gasteiger partial charge on any atom is 0.318 e. The monoisotopic (exact) mass is 591 g/mol. The van der Waals surface area contributed by atoms with Crippen LogP contribution in [0.4, 0.5) is 20.3 Å². The van der Waals surface area contributed by atoms with Gasteiger partial charge in [-0.15, -0.1) is 0 Å². The van der Waals surface area contributed by atoms with Crippen molar-refractivity contribution in [3.8, 4) is 11.8 Å². The Labute approximate surface area is 248 Å². The summed E-state index contributed by atoms with van der Waals surface area (Å²) in [5.74, 6) is 0.599. The van der Waals surface area contributed by atoms with Crippen molar-refractivity contribution in [2.24, 2.45) is 11.8 Å². The number of aryl methyl sites for hydroxylation is 1. The maximum absolute atomic E-state index is 15.0. The van der Waals surface area contributed by atoms with Gasteiger partial charge in [-0.1, -0.05) is 13.0 Å². The summed E-state index contributed by atoms with van der Waals surface area (Å²) in [5, 5.41) is 11.9. The number of phenolic OH excluding ortho intramolecular Hbond substituents is 1. The van der Waals surface area contributed by atoms with Crippen molar-refractivity contribution in [1.82, 2.24) is 14.9 Å². The standard InChI is InChI=1S/C32H35F2N5O4/c1-2-23-24(34)5-4-18-8-22(40)9-26(27(18)23)39-14-25-28(30(39)41)29(37-11-19-15-42-16-20(19)12-37)36-31(35-25)43-17-32-6-3-7-38(32)13-21(33)10-32/h4-5,8-9,19-21,40H,2-3,6-7,10-17H2,1H3/t19?,20?,21-,32+/m1/s1. The van der Waals surface area contributed by atoms with Crippen LogP contribution in [0.5, 0.6) is 11.8 Å². The number of halogens is 2. The third-order valence-electron chi connectivity index (χ3n) is 10.3. The number of alkyl halides is 1. The highest BCUT2D eigenvalue weighted by atomic mass is 19.1. The molecule has 2 aromatic carbocycles. The first-order valence-corrected chi connectivity index (χ1v) is 15.3. The molecule has 0 spiro atoms. The van der Waals surface area contributed by atoms with E-state index in [0.717, 1.165) is 19.4 Å². The largest absolute Gasteiger partial charge is 0.508 e. The van der Waals surface area contributed by atoms with Gasteiger partial charge in [0.1, 0.15) is 35.7 Å². The number of hydrogen-bond acceptors (Lipinski definition) is 8. The fraction of sp³-hybridized carbons (Fsp3) is 0.531. The minimum absolute atomic E-state index is 0.00859. The van der Waals surface area contributed by atoms with E-state index in [1.807, 2.05) is 6.92 Å². The van der Waals surface area contributed by atoms with E-state index >= 15 is 0 Å². The van der Waals surface area contributed by atoms with Crippen LogP contribution in [-0.4, -0.2) is 83.6 Å². The maximum atomic E-state index is 15.0. The Kier molecular flexibility index (Phi) is 6.27. The lowest BCUT2D eigenvalue weighted by Crippen LogP contribution is -2.43. The van der Waals surface area contributed by atoms with Crippen LogP contribution in [0.2, 0.25) is 0 Å². The number of anilines is 2. The summed E-state index contributed by atoms with van der Waals surface area (Å²) in [7, 11) is 0. The van der Waals surface area contributed by atoms with E-state index < -0.39 is 6.17 Å². The van der Waals surface area contributed by atoms with Crippen molar-refractivity contribution < 1.29 is 28.2 Å². The number of carbonyl (C=O) groups excluding carboxylic acids is 1. The van der Waals surface area contributed by atoms with Crippen LogP contribution in [0.1, 0.15) is 47.8 Å². The Morgan fingerprint density at radius 3 is 2.77 bits per heavy atom. The Morgan fingerprint density at radius 1 is 1.16 bits per heavy atom. The van der Waals surface area contributed by atoms with Crippen LogP contribution >= 0.6 is 0 Å². The molecular weight excluding hydrogens is 556 g/mol. The summed E-state index contributed by atoms with van der Waals surface area (Å²) in [6.45, 7) is 6.37. The van der Waals surface area contributed by atoms with Gasteiger partial charge < -0.3 is 24.4 Å². The quantitative estimate of drug-likeness (QED) is 0.456. The van der Waals surface area contributed by atoms with E-state index in [-0.39, 0.29) is 35.6 Å². The molecule has 5 aliphatic rings. The molecule has 5 aliphatic heterocycles. The fourth-order valence-corrected chi connectivity index (χ4v) is 8.19. The second-order valence-corrected chi connectivity index (χ2v) is 12.8. The predicted molar refractivity (Wildman–Crippen MR) is 156 cm³/mol. The zero-order chi connectivity index (χ0) is 29.5. The molecule has 226 valence electrons. The summed E-state index contributed by atoms with van der Waals surface area (Å²) < 4.78 is 41.3. The van der Waals surface area contributed by atoms with Crippen LogP contribution < -0.4 is 14.5 Å². The normalized spacial score (nSPS) is 28.3. The Bertz CT molecular complexity index is 1630. The average molecular weight is 592 g/mol. The lowest BCUT2D eigenvalue weighted by Gasteiger charge is -2.31. The molecule has 4 fully saturated rings. The van der Waals surface area contributed by atoms with Gasteiger partial charge in [0.05, 0.1) is 36.7 Å². The van der Waals surface area contributed by atoms with Gasteiger partial charge in [0.25, 0.3) is 5.91 Å². The SMILES string of the molecule is CCc1c(F)ccc2cc(O)cc(N3Cc4nc(OC[C@@]56CCCN5C[C@H](F)C6)nc(N5CC6COCC6C5)c4C3=O)c12. The molecule has 1 aromatic heterocycles. The predicted octanol–water partition coefficient (Wildman–Crippen LogP) is 4.24. The van der Waals surface area contributed by atoms with Crippen molar-refractivity contribution in [1.29, 1.82) is 0 Å². The van der Waals surface area contributed by atoms with E-state index in [4.69, 9.17) is 19.4 Å². The van der Waals surface area contributed by atoms with Gasteiger partial charge in [-0.2, -0.15) is 9.97 Å². The number of phenols is 1. The molecule has 0 radical (unpaired) electrons. The number of aromatic nitrogens is 2. The smallest absolute Gasteiger partial charge is 0.318 e. The van der Waals surface area contributed by atoms with Crippen LogP contribution in [0.15, 0.2) is 24.3 Å². The number of nitrogens with zero attached hydrogens (tertiary/aromatic N) is 5. The Hall–Kier alpha value is -3.57. The first-order chi connectivity index (χ1) is 20.8. The highest BCUT2D eigenvalue weighted by molar-refractivity contribution is 6.16. The number of rotatable bonds is 6. The summed E-state index contributed by atoms with van der Waals surface area (Å²) in [4.78, 5) is 29.7. The molecule has 0 saturated carbocycles. The molecule has 4 atom stereocenters. The van der Waals surface area contributed by atoms with Gasteiger partial charge in [0, 0.05) is 49.3 Å². The second-order valence-electron chi connectivity index (χ2n) is 12.8. The summed E-state index contributed by atoms with van der Waals surface area (Å²) in [5.41, 5.74) is 1.51. The van der Waals surface area contributed by atoms with Crippen molar-refractivity contribution in [2.45, 2.75) is 50.9 Å². The second kappa shape index (κ2) is 9.99. The fourth-order valence-electron chi connectivity index (χ4n) is 8.19. The highest BCUT2D eigenvalue weighted by Gasteiger charge is 2.50. The number of carbonyl (C=O) groups is 1. The number of benzene rings is 2. The molecule has 8 rings (SSSR count). The summed E-state index contributed by atoms with van der Waals surface area (Å²) in [6.07, 6.45) is 1.87. The third kappa shape index (κ3) is 4.26. The van der Waals surface area contributed by atoms with Gasteiger partial charge in [-0.05, 0) is 48.9 Å². The summed E-state index contributed by atoms with van der Waals surface area (Å²) >= 11 is 0. The first kappa shape index (κ1) is 27.0. The minimum Gasteiger partial charge on any atom is -0.508 e. The number of amides is 1. The van der Waals surface area contributed by atoms with Gasteiger partial charge >= 0.3 is 6.01 Å². The molecule has 43 heavy (non-hydrogen) atoms. The van der Waals surface area contributed by atoms with Crippen LogP contribution in [-0.2, 0) is 17.7 Å². The zero-order valence-corrected chi connectivity index (χ0v) is 24.2. The first-order valence-electron chi connectivity index (χ1n) is 15.3. The molecule has 0 bridgehead atoms. The average Bonchev–Trinajstić information content (AvgIpc) is 3.78. The van der Waals surface area contributed by atoms with Gasteiger partial charge in [-0.3, -0.25) is 9.69 Å². The minimum atomic E-state index is -0.868. The lowest BCUT2D eigenvalue weighted by atomic mass is 9.95. The molecule has 0 aliphatic carbocycles. The zero-order valence-electron chi connectivity index (χ0n) is 24.2. The van der Waals surface area contributed by atoms with E-state index in [0.29, 0.717) is 103 Å². The van der Waals surface area contributed by atoms with E-state index in [1.54, 1.807) is 17.0 Å². The van der Waals surface area contributed by atoms with Gasteiger partial charge in [0.15, 0.2) is 0 Å². The molecule has 11 heteroatoms. The van der Waals surface area contributed by atoms with Crippen molar-refractivity contribution in [3.63, 3.8) is 0 Å². The van der Waals surface area contributed by atoms with Crippen LogP contribution in [0.25, 0.3) is 10.8 Å². The van der Waals surface area contributed by atoms with Crippen LogP contribution in [0.3, 0.4) is 0 Å². The van der Waals surface area contributed by atoms with Gasteiger partial charge in [0.2, 0.25) is 0 Å². The molecule has 3 aromatic rings. The third-order valence-corrected chi connectivity index (χ3v) is 10.3. The van der Waals surface area contributed by atoms with Crippen molar-refractivity contribution in [2.75, 3.05) is 55.8 Å². The number of ether oxygens (including phenoxy) is 2. The molecule has 2 unspecified atom stereocenters. The van der Waals surface area contributed by atoms with Gasteiger partial charge in [-0.25, -0.2) is 8.78 Å². The molecule has 4 saturated heterocycles. The number of hydrogen-bond donors (Lipinski definition) is 1. The Balaban J connectivity index is 1.19. The molecular formula is C32H35F2N5O4. The molecule has 6 heterocycles. The molecule has 9 nitrogen and oxygen atoms in total. The van der Waals surface area contributed by atoms with Crippen molar-refractivity contribution >= 4 is 28.2 Å². The lowest BCUT2D eigenvalue weighted by molar-refractivity contribution is 0.0996. The van der Waals surface area contributed by atoms with Crippen molar-refractivity contribution in [3.05, 3.63) is 46.9 Å². The topological polar surface area (TPSA) is 91.3 Å². The number of aromatic hydroxyl groups is 1.